The summed E-state index contributed by atoms with van der Waals surface area (Å²) in [6.07, 6.45) is 2.70. The van der Waals surface area contributed by atoms with E-state index >= 15 is 0 Å². The minimum absolute atomic E-state index is 0.458. The van der Waals surface area contributed by atoms with E-state index in [1.165, 1.54) is 5.56 Å². The summed E-state index contributed by atoms with van der Waals surface area (Å²) >= 11 is 6.07. The van der Waals surface area contributed by atoms with Crippen molar-refractivity contribution in [3.8, 4) is 0 Å². The van der Waals surface area contributed by atoms with Gasteiger partial charge in [0.1, 0.15) is 0 Å². The number of hydrogen-bond donors (Lipinski definition) is 1. The summed E-state index contributed by atoms with van der Waals surface area (Å²) < 4.78 is 5.24. The van der Waals surface area contributed by atoms with E-state index in [0.717, 1.165) is 30.0 Å². The summed E-state index contributed by atoms with van der Waals surface area (Å²) in [5.74, 6) is 0. The lowest BCUT2D eigenvalue weighted by molar-refractivity contribution is 0.0170. The van der Waals surface area contributed by atoms with Crippen LogP contribution in [0.3, 0.4) is 0 Å². The van der Waals surface area contributed by atoms with Crippen molar-refractivity contribution < 1.29 is 4.74 Å². The first-order valence-electron chi connectivity index (χ1n) is 5.70. The quantitative estimate of drug-likeness (QED) is 0.873. The molecule has 0 spiro atoms. The lowest BCUT2D eigenvalue weighted by Crippen LogP contribution is -2.44. The fraction of sp³-hybridized carbons (Fsp3) is 0.538. The lowest BCUT2D eigenvalue weighted by Gasteiger charge is -2.34. The third kappa shape index (κ3) is 2.76. The number of benzene rings is 1. The summed E-state index contributed by atoms with van der Waals surface area (Å²) in [5, 5.41) is 4.36. The van der Waals surface area contributed by atoms with E-state index in [-0.39, 0.29) is 0 Å². The van der Waals surface area contributed by atoms with Gasteiger partial charge in [-0.05, 0) is 37.0 Å². The second-order valence-electron chi connectivity index (χ2n) is 4.49. The largest absolute Gasteiger partial charge is 0.381 e. The van der Waals surface area contributed by atoms with Gasteiger partial charge >= 0.3 is 0 Å². The summed E-state index contributed by atoms with van der Waals surface area (Å²) in [4.78, 5) is 0. The number of methoxy groups -OCH3 is 1. The van der Waals surface area contributed by atoms with Gasteiger partial charge in [0, 0.05) is 24.7 Å². The van der Waals surface area contributed by atoms with Gasteiger partial charge < -0.3 is 10.1 Å². The molecule has 0 amide bonds. The molecule has 1 aliphatic rings. The van der Waals surface area contributed by atoms with E-state index in [9.17, 15) is 0 Å². The SMILES string of the molecule is COC1CC(NCc2ccc(C)c(Cl)c2)C1. The third-order valence-electron chi connectivity index (χ3n) is 3.26. The van der Waals surface area contributed by atoms with Crippen LogP contribution in [0.4, 0.5) is 0 Å². The molecule has 16 heavy (non-hydrogen) atoms. The third-order valence-corrected chi connectivity index (χ3v) is 3.67. The Morgan fingerprint density at radius 2 is 2.19 bits per heavy atom. The van der Waals surface area contributed by atoms with Crippen LogP contribution in [0.1, 0.15) is 24.0 Å². The second kappa shape index (κ2) is 5.17. The zero-order valence-corrected chi connectivity index (χ0v) is 10.6. The van der Waals surface area contributed by atoms with Crippen LogP contribution in [0.2, 0.25) is 5.02 Å². The van der Waals surface area contributed by atoms with Gasteiger partial charge in [-0.3, -0.25) is 0 Å². The molecule has 0 aromatic heterocycles. The maximum atomic E-state index is 6.07. The number of hydrogen-bond acceptors (Lipinski definition) is 2. The molecule has 2 nitrogen and oxygen atoms in total. The van der Waals surface area contributed by atoms with Crippen molar-refractivity contribution in [3.63, 3.8) is 0 Å². The smallest absolute Gasteiger partial charge is 0.0601 e. The topological polar surface area (TPSA) is 21.3 Å². The van der Waals surface area contributed by atoms with Crippen molar-refractivity contribution >= 4 is 11.6 Å². The summed E-state index contributed by atoms with van der Waals surface area (Å²) in [7, 11) is 1.78. The molecule has 0 atom stereocenters. The normalized spacial score (nSPS) is 24.2. The Labute approximate surface area is 102 Å². The van der Waals surface area contributed by atoms with Crippen molar-refractivity contribution in [1.82, 2.24) is 5.32 Å². The molecule has 0 saturated heterocycles. The molecule has 0 aliphatic heterocycles. The first kappa shape index (κ1) is 11.9. The molecule has 0 radical (unpaired) electrons. The summed E-state index contributed by atoms with van der Waals surface area (Å²) in [5.41, 5.74) is 2.38. The predicted octanol–water partition coefficient (Wildman–Crippen LogP) is 2.92. The highest BCUT2D eigenvalue weighted by Crippen LogP contribution is 2.23. The Bertz CT molecular complexity index is 361. The fourth-order valence-corrected chi connectivity index (χ4v) is 2.14. The van der Waals surface area contributed by atoms with Gasteiger partial charge in [0.2, 0.25) is 0 Å². The second-order valence-corrected chi connectivity index (χ2v) is 4.90. The Hall–Kier alpha value is -0.570. The number of ether oxygens (including phenoxy) is 1. The highest BCUT2D eigenvalue weighted by atomic mass is 35.5. The molecule has 1 aromatic rings. The average Bonchev–Trinajstić information content (AvgIpc) is 2.21. The van der Waals surface area contributed by atoms with E-state index in [4.69, 9.17) is 16.3 Å². The van der Waals surface area contributed by atoms with Crippen molar-refractivity contribution in [3.05, 3.63) is 34.3 Å². The lowest BCUT2D eigenvalue weighted by atomic mass is 9.89. The first-order chi connectivity index (χ1) is 7.69. The van der Waals surface area contributed by atoms with Crippen LogP contribution < -0.4 is 5.32 Å². The molecule has 1 fully saturated rings. The zero-order valence-electron chi connectivity index (χ0n) is 9.79. The van der Waals surface area contributed by atoms with E-state index in [2.05, 4.69) is 17.4 Å². The van der Waals surface area contributed by atoms with Crippen LogP contribution in [0.15, 0.2) is 18.2 Å². The molecule has 0 unspecified atom stereocenters. The van der Waals surface area contributed by atoms with Gasteiger partial charge in [-0.15, -0.1) is 0 Å². The molecule has 0 heterocycles. The first-order valence-corrected chi connectivity index (χ1v) is 6.08. The Balaban J connectivity index is 1.80. The van der Waals surface area contributed by atoms with Crippen LogP contribution in [-0.2, 0) is 11.3 Å². The Morgan fingerprint density at radius 3 is 2.81 bits per heavy atom. The highest BCUT2D eigenvalue weighted by molar-refractivity contribution is 6.31. The molecule has 1 N–H and O–H groups in total. The maximum Gasteiger partial charge on any atom is 0.0601 e. The highest BCUT2D eigenvalue weighted by Gasteiger charge is 2.28. The van der Waals surface area contributed by atoms with Gasteiger partial charge in [0.05, 0.1) is 6.10 Å². The van der Waals surface area contributed by atoms with Crippen LogP contribution in [0, 0.1) is 6.92 Å². The van der Waals surface area contributed by atoms with Gasteiger partial charge in [0.25, 0.3) is 0 Å². The monoisotopic (exact) mass is 239 g/mol. The van der Waals surface area contributed by atoms with Crippen LogP contribution in [0.5, 0.6) is 0 Å². The van der Waals surface area contributed by atoms with Crippen molar-refractivity contribution in [2.45, 2.75) is 38.5 Å². The zero-order chi connectivity index (χ0) is 11.5. The molecule has 1 aromatic carbocycles. The standard InChI is InChI=1S/C13H18ClNO/c1-9-3-4-10(5-13(9)14)8-15-11-6-12(7-11)16-2/h3-5,11-12,15H,6-8H2,1-2H3. The summed E-state index contributed by atoms with van der Waals surface area (Å²) in [6, 6.07) is 6.83. The molecule has 88 valence electrons. The van der Waals surface area contributed by atoms with Gasteiger partial charge in [-0.1, -0.05) is 23.7 Å². The van der Waals surface area contributed by atoms with E-state index in [1.807, 2.05) is 13.0 Å². The van der Waals surface area contributed by atoms with Gasteiger partial charge in [-0.25, -0.2) is 0 Å². The van der Waals surface area contributed by atoms with Crippen molar-refractivity contribution in [2.24, 2.45) is 0 Å². The van der Waals surface area contributed by atoms with Crippen LogP contribution >= 0.6 is 11.6 Å². The fourth-order valence-electron chi connectivity index (χ4n) is 1.93. The molecule has 1 aliphatic carbocycles. The van der Waals surface area contributed by atoms with Crippen LogP contribution in [-0.4, -0.2) is 19.3 Å². The molecular weight excluding hydrogens is 222 g/mol. The van der Waals surface area contributed by atoms with E-state index < -0.39 is 0 Å². The number of aryl methyl sites for hydroxylation is 1. The Kier molecular flexibility index (Phi) is 3.85. The van der Waals surface area contributed by atoms with Gasteiger partial charge in [0.15, 0.2) is 0 Å². The van der Waals surface area contributed by atoms with Crippen molar-refractivity contribution in [1.29, 1.82) is 0 Å². The predicted molar refractivity (Wildman–Crippen MR) is 66.8 cm³/mol. The molecule has 2 rings (SSSR count). The minimum Gasteiger partial charge on any atom is -0.381 e. The van der Waals surface area contributed by atoms with Gasteiger partial charge in [-0.2, -0.15) is 0 Å². The maximum absolute atomic E-state index is 6.07. The average molecular weight is 240 g/mol. The molecule has 1 saturated carbocycles. The summed E-state index contributed by atoms with van der Waals surface area (Å²) in [6.45, 7) is 2.91. The number of nitrogens with one attached hydrogen (secondary N) is 1. The molecular formula is C13H18ClNO. The number of rotatable bonds is 4. The van der Waals surface area contributed by atoms with E-state index in [1.54, 1.807) is 7.11 Å². The Morgan fingerprint density at radius 1 is 1.44 bits per heavy atom. The molecule has 0 bridgehead atoms. The minimum atomic E-state index is 0.458. The van der Waals surface area contributed by atoms with E-state index in [0.29, 0.717) is 12.1 Å². The molecule has 3 heteroatoms. The van der Waals surface area contributed by atoms with Crippen LogP contribution in [0.25, 0.3) is 0 Å². The van der Waals surface area contributed by atoms with Crippen molar-refractivity contribution in [2.75, 3.05) is 7.11 Å². The number of halogens is 1.